The molecule has 0 aliphatic rings. The van der Waals surface area contributed by atoms with Crippen LogP contribution in [-0.2, 0) is 19.4 Å². The third kappa shape index (κ3) is 20.2. The maximum Gasteiger partial charge on any atom is 0.305 e. The molecule has 0 amide bonds. The van der Waals surface area contributed by atoms with Gasteiger partial charge in [-0.1, -0.05) is 97.3 Å². The van der Waals surface area contributed by atoms with E-state index in [1.54, 1.807) is 0 Å². The predicted molar refractivity (Wildman–Crippen MR) is 119 cm³/mol. The topological polar surface area (TPSA) is 60.4 Å². The summed E-state index contributed by atoms with van der Waals surface area (Å²) in [5.74, 6) is 0.219. The fourth-order valence-corrected chi connectivity index (χ4v) is 4.73. The lowest BCUT2D eigenvalue weighted by Crippen LogP contribution is -2.14. The molecule has 168 valence electrons. The van der Waals surface area contributed by atoms with Gasteiger partial charge in [-0.15, -0.1) is 0 Å². The van der Waals surface area contributed by atoms with Gasteiger partial charge in [-0.2, -0.15) is 0 Å². The van der Waals surface area contributed by atoms with E-state index in [9.17, 15) is 13.2 Å². The number of carbonyl (C=O) groups excluding carboxylic acids is 1. The van der Waals surface area contributed by atoms with Crippen LogP contribution in [0.4, 0.5) is 0 Å². The second-order valence-corrected chi connectivity index (χ2v) is 10.4. The molecule has 0 rings (SSSR count). The molecule has 0 aromatic heterocycles. The van der Waals surface area contributed by atoms with Crippen molar-refractivity contribution in [2.75, 3.05) is 18.1 Å². The minimum absolute atomic E-state index is 0.133. The fourth-order valence-electron chi connectivity index (χ4n) is 3.32. The highest BCUT2D eigenvalue weighted by Gasteiger charge is 2.11. The monoisotopic (exact) mass is 418 g/mol. The average Bonchev–Trinajstić information content (AvgIpc) is 2.66. The van der Waals surface area contributed by atoms with Crippen LogP contribution < -0.4 is 0 Å². The Balaban J connectivity index is 3.50. The molecule has 0 radical (unpaired) electrons. The molecule has 0 atom stereocenters. The third-order valence-corrected chi connectivity index (χ3v) is 6.98. The first-order valence-electron chi connectivity index (χ1n) is 11.9. The second-order valence-electron chi connectivity index (χ2n) is 8.07. The second kappa shape index (κ2) is 19.7. The van der Waals surface area contributed by atoms with Crippen molar-refractivity contribution < 1.29 is 17.9 Å². The molecule has 0 fully saturated rings. The molecular formula is C23H46O4S. The van der Waals surface area contributed by atoms with Gasteiger partial charge in [0.2, 0.25) is 0 Å². The molecule has 0 aromatic rings. The highest BCUT2D eigenvalue weighted by Crippen LogP contribution is 2.10. The summed E-state index contributed by atoms with van der Waals surface area (Å²) < 4.78 is 29.2. The van der Waals surface area contributed by atoms with E-state index in [0.717, 1.165) is 32.1 Å². The molecule has 0 bridgehead atoms. The molecule has 0 heterocycles. The Morgan fingerprint density at radius 1 is 0.607 bits per heavy atom. The van der Waals surface area contributed by atoms with E-state index in [2.05, 4.69) is 13.8 Å². The zero-order valence-electron chi connectivity index (χ0n) is 18.7. The molecule has 0 saturated carbocycles. The summed E-state index contributed by atoms with van der Waals surface area (Å²) in [6.45, 7) is 4.64. The van der Waals surface area contributed by atoms with Gasteiger partial charge in [0.05, 0.1) is 18.1 Å². The number of sulfone groups is 1. The predicted octanol–water partition coefficient (Wildman–Crippen LogP) is 6.62. The summed E-state index contributed by atoms with van der Waals surface area (Å²) in [7, 11) is -3.00. The van der Waals surface area contributed by atoms with Gasteiger partial charge in [0, 0.05) is 6.42 Å². The van der Waals surface area contributed by atoms with Crippen LogP contribution >= 0.6 is 0 Å². The van der Waals surface area contributed by atoms with Crippen molar-refractivity contribution >= 4 is 15.8 Å². The molecule has 0 aliphatic carbocycles. The highest BCUT2D eigenvalue weighted by molar-refractivity contribution is 7.91. The molecule has 28 heavy (non-hydrogen) atoms. The Kier molecular flexibility index (Phi) is 19.3. The van der Waals surface area contributed by atoms with Crippen LogP contribution in [0, 0.1) is 0 Å². The van der Waals surface area contributed by atoms with E-state index >= 15 is 0 Å². The van der Waals surface area contributed by atoms with Gasteiger partial charge >= 0.3 is 5.97 Å². The number of esters is 1. The first-order chi connectivity index (χ1) is 13.5. The first-order valence-corrected chi connectivity index (χ1v) is 13.7. The maximum absolute atomic E-state index is 12.0. The van der Waals surface area contributed by atoms with Gasteiger partial charge in [-0.25, -0.2) is 8.42 Å². The molecular weight excluding hydrogens is 372 g/mol. The largest absolute Gasteiger partial charge is 0.466 e. The fraction of sp³-hybridized carbons (Fsp3) is 0.957. The highest BCUT2D eigenvalue weighted by atomic mass is 32.2. The lowest BCUT2D eigenvalue weighted by Gasteiger charge is -2.07. The Bertz CT molecular complexity index is 446. The van der Waals surface area contributed by atoms with Crippen molar-refractivity contribution in [2.24, 2.45) is 0 Å². The minimum Gasteiger partial charge on any atom is -0.466 e. The van der Waals surface area contributed by atoms with Crippen molar-refractivity contribution in [1.82, 2.24) is 0 Å². The normalized spacial score (nSPS) is 11.6. The van der Waals surface area contributed by atoms with Crippen molar-refractivity contribution in [3.8, 4) is 0 Å². The standard InChI is InChI=1S/C23H46O4S/c1-3-5-7-9-11-13-15-17-21-28(25,26)22-18-20-27-23(24)19-16-14-12-10-8-6-4-2/h3-22H2,1-2H3. The summed E-state index contributed by atoms with van der Waals surface area (Å²) in [6, 6.07) is 0. The molecule has 0 spiro atoms. The summed E-state index contributed by atoms with van der Waals surface area (Å²) in [4.78, 5) is 11.7. The number of unbranched alkanes of at least 4 members (excludes halogenated alkanes) is 13. The Hall–Kier alpha value is -0.580. The van der Waals surface area contributed by atoms with E-state index in [0.29, 0.717) is 12.8 Å². The summed E-state index contributed by atoms with van der Waals surface area (Å²) in [6.07, 6.45) is 18.3. The number of carbonyl (C=O) groups is 1. The van der Waals surface area contributed by atoms with Crippen molar-refractivity contribution in [3.63, 3.8) is 0 Å². The summed E-state index contributed by atoms with van der Waals surface area (Å²) in [5.41, 5.74) is 0. The van der Waals surface area contributed by atoms with Crippen molar-refractivity contribution in [3.05, 3.63) is 0 Å². The van der Waals surface area contributed by atoms with Gasteiger partial charge in [0.1, 0.15) is 9.84 Å². The van der Waals surface area contributed by atoms with E-state index < -0.39 is 9.84 Å². The summed E-state index contributed by atoms with van der Waals surface area (Å²) >= 11 is 0. The van der Waals surface area contributed by atoms with Crippen molar-refractivity contribution in [1.29, 1.82) is 0 Å². The smallest absolute Gasteiger partial charge is 0.305 e. The number of hydrogen-bond acceptors (Lipinski definition) is 4. The lowest BCUT2D eigenvalue weighted by molar-refractivity contribution is -0.143. The van der Waals surface area contributed by atoms with E-state index in [1.165, 1.54) is 64.2 Å². The molecule has 5 heteroatoms. The Morgan fingerprint density at radius 2 is 1.04 bits per heavy atom. The quantitative estimate of drug-likeness (QED) is 0.155. The molecule has 4 nitrogen and oxygen atoms in total. The van der Waals surface area contributed by atoms with E-state index in [-0.39, 0.29) is 24.1 Å². The lowest BCUT2D eigenvalue weighted by atomic mass is 10.1. The molecule has 0 aliphatic heterocycles. The third-order valence-electron chi connectivity index (χ3n) is 5.16. The molecule has 0 N–H and O–H groups in total. The van der Waals surface area contributed by atoms with Gasteiger partial charge in [0.25, 0.3) is 0 Å². The van der Waals surface area contributed by atoms with Gasteiger partial charge in [-0.3, -0.25) is 4.79 Å². The molecule has 0 aromatic carbocycles. The maximum atomic E-state index is 12.0. The SMILES string of the molecule is CCCCCCCCCCS(=O)(=O)CCCOC(=O)CCCCCCCCC. The first kappa shape index (κ1) is 27.4. The van der Waals surface area contributed by atoms with E-state index in [4.69, 9.17) is 4.74 Å². The van der Waals surface area contributed by atoms with Gasteiger partial charge in [-0.05, 0) is 19.3 Å². The Morgan fingerprint density at radius 3 is 1.57 bits per heavy atom. The number of rotatable bonds is 21. The van der Waals surface area contributed by atoms with Crippen LogP contribution in [0.5, 0.6) is 0 Å². The average molecular weight is 419 g/mol. The minimum atomic E-state index is -3.00. The van der Waals surface area contributed by atoms with Crippen LogP contribution in [0.25, 0.3) is 0 Å². The summed E-state index contributed by atoms with van der Waals surface area (Å²) in [5, 5.41) is 0. The molecule has 0 unspecified atom stereocenters. The zero-order chi connectivity index (χ0) is 20.9. The van der Waals surface area contributed by atoms with Crippen LogP contribution in [0.1, 0.15) is 123 Å². The number of hydrogen-bond donors (Lipinski definition) is 0. The van der Waals surface area contributed by atoms with Crippen LogP contribution in [0.3, 0.4) is 0 Å². The van der Waals surface area contributed by atoms with E-state index in [1.807, 2.05) is 0 Å². The van der Waals surface area contributed by atoms with Crippen LogP contribution in [0.15, 0.2) is 0 Å². The Labute approximate surface area is 175 Å². The van der Waals surface area contributed by atoms with Gasteiger partial charge < -0.3 is 4.74 Å². The van der Waals surface area contributed by atoms with Crippen molar-refractivity contribution in [2.45, 2.75) is 123 Å². The number of ether oxygens (including phenoxy) is 1. The zero-order valence-corrected chi connectivity index (χ0v) is 19.5. The van der Waals surface area contributed by atoms with Crippen LogP contribution in [-0.4, -0.2) is 32.5 Å². The van der Waals surface area contributed by atoms with Gasteiger partial charge in [0.15, 0.2) is 0 Å². The van der Waals surface area contributed by atoms with Crippen LogP contribution in [0.2, 0.25) is 0 Å². The molecule has 0 saturated heterocycles.